The van der Waals surface area contributed by atoms with Crippen LogP contribution in [0.4, 0.5) is 0 Å². The summed E-state index contributed by atoms with van der Waals surface area (Å²) in [6.07, 6.45) is 0. The first-order valence-corrected chi connectivity index (χ1v) is 5.44. The third kappa shape index (κ3) is 1.83. The normalized spacial score (nSPS) is 11.0. The molecular weight excluding hydrogens is 242 g/mol. The van der Waals surface area contributed by atoms with Crippen LogP contribution in [0, 0.1) is 0 Å². The number of H-pyrrole nitrogens is 1. The van der Waals surface area contributed by atoms with Gasteiger partial charge in [0.05, 0.1) is 6.61 Å². The number of hydrogen-bond acceptors (Lipinski definition) is 1. The van der Waals surface area contributed by atoms with Crippen molar-refractivity contribution in [2.75, 3.05) is 6.61 Å². The van der Waals surface area contributed by atoms with E-state index >= 15 is 0 Å². The van der Waals surface area contributed by atoms with Gasteiger partial charge in [-0.3, -0.25) is 0 Å². The van der Waals surface area contributed by atoms with Crippen molar-refractivity contribution in [3.63, 3.8) is 0 Å². The van der Waals surface area contributed by atoms with Gasteiger partial charge in [0, 0.05) is 27.7 Å². The van der Waals surface area contributed by atoms with Gasteiger partial charge in [-0.2, -0.15) is 0 Å². The molecule has 2 rings (SSSR count). The molecule has 74 valence electrons. The molecular formula is C11H12BrNO. The van der Waals surface area contributed by atoms with Gasteiger partial charge in [0.15, 0.2) is 0 Å². The van der Waals surface area contributed by atoms with Crippen molar-refractivity contribution < 1.29 is 4.74 Å². The maximum atomic E-state index is 5.34. The Labute approximate surface area is 91.4 Å². The van der Waals surface area contributed by atoms with E-state index in [2.05, 4.69) is 33.0 Å². The summed E-state index contributed by atoms with van der Waals surface area (Å²) in [7, 11) is 0. The molecule has 1 aromatic carbocycles. The summed E-state index contributed by atoms with van der Waals surface area (Å²) >= 11 is 3.52. The number of halogens is 1. The highest BCUT2D eigenvalue weighted by atomic mass is 79.9. The number of benzene rings is 1. The van der Waals surface area contributed by atoms with E-state index in [0.29, 0.717) is 6.61 Å². The van der Waals surface area contributed by atoms with Crippen molar-refractivity contribution in [1.82, 2.24) is 4.98 Å². The number of fused-ring (bicyclic) bond motifs is 1. The molecule has 2 nitrogen and oxygen atoms in total. The van der Waals surface area contributed by atoms with Gasteiger partial charge in [-0.25, -0.2) is 0 Å². The zero-order valence-electron chi connectivity index (χ0n) is 8.01. The highest BCUT2D eigenvalue weighted by Gasteiger charge is 2.02. The van der Waals surface area contributed by atoms with E-state index in [-0.39, 0.29) is 0 Å². The van der Waals surface area contributed by atoms with Crippen LogP contribution in [-0.2, 0) is 11.3 Å². The second-order valence-corrected chi connectivity index (χ2v) is 3.99. The molecule has 1 N–H and O–H groups in total. The topological polar surface area (TPSA) is 25.0 Å². The van der Waals surface area contributed by atoms with Crippen molar-refractivity contribution in [2.45, 2.75) is 13.5 Å². The first-order chi connectivity index (χ1) is 6.81. The van der Waals surface area contributed by atoms with Crippen LogP contribution in [0.5, 0.6) is 0 Å². The Balaban J connectivity index is 2.36. The number of ether oxygens (including phenoxy) is 1. The van der Waals surface area contributed by atoms with Gasteiger partial charge in [0.1, 0.15) is 0 Å². The summed E-state index contributed by atoms with van der Waals surface area (Å²) in [4.78, 5) is 3.32. The molecule has 0 radical (unpaired) electrons. The number of rotatable bonds is 3. The van der Waals surface area contributed by atoms with E-state index in [0.717, 1.165) is 22.3 Å². The van der Waals surface area contributed by atoms with Crippen LogP contribution >= 0.6 is 15.9 Å². The fourth-order valence-corrected chi connectivity index (χ4v) is 1.95. The standard InChI is InChI=1S/C11H12BrNO/c1-2-14-7-8-6-9-10(12)4-3-5-11(9)13-8/h3-6,13H,2,7H2,1H3. The fraction of sp³-hybridized carbons (Fsp3) is 0.273. The van der Waals surface area contributed by atoms with E-state index < -0.39 is 0 Å². The van der Waals surface area contributed by atoms with Crippen molar-refractivity contribution in [1.29, 1.82) is 0 Å². The largest absolute Gasteiger partial charge is 0.376 e. The van der Waals surface area contributed by atoms with Gasteiger partial charge in [-0.1, -0.05) is 22.0 Å². The number of aromatic nitrogens is 1. The molecule has 14 heavy (non-hydrogen) atoms. The molecule has 0 aliphatic carbocycles. The van der Waals surface area contributed by atoms with Crippen molar-refractivity contribution in [2.24, 2.45) is 0 Å². The third-order valence-corrected chi connectivity index (χ3v) is 2.82. The van der Waals surface area contributed by atoms with E-state index in [1.54, 1.807) is 0 Å². The van der Waals surface area contributed by atoms with Gasteiger partial charge in [0.25, 0.3) is 0 Å². The molecule has 2 aromatic rings. The summed E-state index contributed by atoms with van der Waals surface area (Å²) in [5.41, 5.74) is 2.27. The maximum Gasteiger partial charge on any atom is 0.0865 e. The highest BCUT2D eigenvalue weighted by molar-refractivity contribution is 9.10. The molecule has 0 spiro atoms. The minimum absolute atomic E-state index is 0.650. The average molecular weight is 254 g/mol. The summed E-state index contributed by atoms with van der Waals surface area (Å²) < 4.78 is 6.46. The van der Waals surface area contributed by atoms with E-state index in [4.69, 9.17) is 4.74 Å². The zero-order valence-corrected chi connectivity index (χ0v) is 9.60. The van der Waals surface area contributed by atoms with Gasteiger partial charge in [0.2, 0.25) is 0 Å². The maximum absolute atomic E-state index is 5.34. The Morgan fingerprint density at radius 1 is 1.43 bits per heavy atom. The quantitative estimate of drug-likeness (QED) is 0.891. The molecule has 0 unspecified atom stereocenters. The number of nitrogens with one attached hydrogen (secondary N) is 1. The fourth-order valence-electron chi connectivity index (χ4n) is 1.47. The smallest absolute Gasteiger partial charge is 0.0865 e. The van der Waals surface area contributed by atoms with Crippen LogP contribution in [0.2, 0.25) is 0 Å². The molecule has 0 fully saturated rings. The van der Waals surface area contributed by atoms with Crippen LogP contribution in [0.15, 0.2) is 28.7 Å². The Morgan fingerprint density at radius 3 is 3.00 bits per heavy atom. The van der Waals surface area contributed by atoms with Crippen LogP contribution in [-0.4, -0.2) is 11.6 Å². The zero-order chi connectivity index (χ0) is 9.97. The van der Waals surface area contributed by atoms with Crippen molar-refractivity contribution in [3.8, 4) is 0 Å². The highest BCUT2D eigenvalue weighted by Crippen LogP contribution is 2.24. The predicted molar refractivity (Wildman–Crippen MR) is 61.3 cm³/mol. The van der Waals surface area contributed by atoms with E-state index in [1.807, 2.05) is 19.1 Å². The second-order valence-electron chi connectivity index (χ2n) is 3.13. The summed E-state index contributed by atoms with van der Waals surface area (Å²) in [6.45, 7) is 3.40. The Hall–Kier alpha value is -0.800. The summed E-state index contributed by atoms with van der Waals surface area (Å²) in [6, 6.07) is 8.25. The average Bonchev–Trinajstić information content (AvgIpc) is 2.59. The van der Waals surface area contributed by atoms with Crippen LogP contribution in [0.1, 0.15) is 12.6 Å². The lowest BCUT2D eigenvalue weighted by molar-refractivity contribution is 0.132. The molecule has 0 aliphatic heterocycles. The van der Waals surface area contributed by atoms with Crippen molar-refractivity contribution in [3.05, 3.63) is 34.4 Å². The molecule has 0 saturated heterocycles. The molecule has 0 atom stereocenters. The lowest BCUT2D eigenvalue weighted by atomic mass is 10.2. The first-order valence-electron chi connectivity index (χ1n) is 4.65. The molecule has 1 aromatic heterocycles. The molecule has 0 bridgehead atoms. The number of aromatic amines is 1. The second kappa shape index (κ2) is 4.15. The minimum Gasteiger partial charge on any atom is -0.376 e. The van der Waals surface area contributed by atoms with Gasteiger partial charge in [-0.05, 0) is 25.1 Å². The lowest BCUT2D eigenvalue weighted by Crippen LogP contribution is -1.90. The van der Waals surface area contributed by atoms with Crippen molar-refractivity contribution >= 4 is 26.8 Å². The Bertz CT molecular complexity index is 436. The van der Waals surface area contributed by atoms with Gasteiger partial charge >= 0.3 is 0 Å². The van der Waals surface area contributed by atoms with Gasteiger partial charge < -0.3 is 9.72 Å². The summed E-state index contributed by atoms with van der Waals surface area (Å²) in [5.74, 6) is 0. The summed E-state index contributed by atoms with van der Waals surface area (Å²) in [5, 5.41) is 1.21. The lowest BCUT2D eigenvalue weighted by Gasteiger charge is -1.95. The Morgan fingerprint density at radius 2 is 2.29 bits per heavy atom. The van der Waals surface area contributed by atoms with Crippen LogP contribution in [0.3, 0.4) is 0 Å². The Kier molecular flexibility index (Phi) is 2.89. The first kappa shape index (κ1) is 9.74. The van der Waals surface area contributed by atoms with E-state index in [1.165, 1.54) is 5.39 Å². The minimum atomic E-state index is 0.650. The molecule has 0 saturated carbocycles. The van der Waals surface area contributed by atoms with Crippen LogP contribution < -0.4 is 0 Å². The SMILES string of the molecule is CCOCc1cc2c(Br)cccc2[nH]1. The predicted octanol–water partition coefficient (Wildman–Crippen LogP) is 3.47. The molecule has 0 aliphatic rings. The monoisotopic (exact) mass is 253 g/mol. The molecule has 1 heterocycles. The van der Waals surface area contributed by atoms with E-state index in [9.17, 15) is 0 Å². The number of hydrogen-bond donors (Lipinski definition) is 1. The third-order valence-electron chi connectivity index (χ3n) is 2.13. The van der Waals surface area contributed by atoms with Gasteiger partial charge in [-0.15, -0.1) is 0 Å². The molecule has 3 heteroatoms. The molecule has 0 amide bonds. The van der Waals surface area contributed by atoms with Crippen LogP contribution in [0.25, 0.3) is 10.9 Å².